The Morgan fingerprint density at radius 1 is 1.40 bits per heavy atom. The van der Waals surface area contributed by atoms with Gasteiger partial charge in [0.2, 0.25) is 0 Å². The van der Waals surface area contributed by atoms with Gasteiger partial charge >= 0.3 is 0 Å². The van der Waals surface area contributed by atoms with Gasteiger partial charge < -0.3 is 9.88 Å². The second-order valence-corrected chi connectivity index (χ2v) is 6.63. The summed E-state index contributed by atoms with van der Waals surface area (Å²) < 4.78 is 2.96. The van der Waals surface area contributed by atoms with Crippen molar-refractivity contribution in [2.45, 2.75) is 65.0 Å². The van der Waals surface area contributed by atoms with Gasteiger partial charge in [-0.1, -0.05) is 26.2 Å². The molecular formula is C16H25BrN2O. The number of carbonyl (C=O) groups is 1. The third-order valence-corrected chi connectivity index (χ3v) is 4.85. The summed E-state index contributed by atoms with van der Waals surface area (Å²) in [6.45, 7) is 5.05. The number of aryl methyl sites for hydroxylation is 1. The van der Waals surface area contributed by atoms with Crippen molar-refractivity contribution in [1.82, 2.24) is 9.88 Å². The summed E-state index contributed by atoms with van der Waals surface area (Å²) in [6.07, 6.45) is 9.49. The van der Waals surface area contributed by atoms with E-state index in [9.17, 15) is 4.79 Å². The Labute approximate surface area is 130 Å². The molecule has 0 radical (unpaired) electrons. The van der Waals surface area contributed by atoms with Gasteiger partial charge in [0.05, 0.1) is 0 Å². The number of hydrogen-bond donors (Lipinski definition) is 1. The summed E-state index contributed by atoms with van der Waals surface area (Å²) >= 11 is 3.45. The van der Waals surface area contributed by atoms with Crippen LogP contribution < -0.4 is 5.32 Å². The molecule has 0 aromatic carbocycles. The van der Waals surface area contributed by atoms with Crippen molar-refractivity contribution in [3.63, 3.8) is 0 Å². The molecule has 0 aliphatic heterocycles. The molecule has 1 amide bonds. The third kappa shape index (κ3) is 3.66. The van der Waals surface area contributed by atoms with Crippen LogP contribution in [0.25, 0.3) is 0 Å². The lowest BCUT2D eigenvalue weighted by atomic mass is 9.83. The number of aromatic nitrogens is 1. The summed E-state index contributed by atoms with van der Waals surface area (Å²) in [6, 6.07) is 2.23. The van der Waals surface area contributed by atoms with E-state index in [4.69, 9.17) is 0 Å². The van der Waals surface area contributed by atoms with Crippen molar-refractivity contribution in [2.24, 2.45) is 5.92 Å². The van der Waals surface area contributed by atoms with E-state index in [0.29, 0.717) is 12.0 Å². The summed E-state index contributed by atoms with van der Waals surface area (Å²) in [5, 5.41) is 3.26. The smallest absolute Gasteiger partial charge is 0.268 e. The van der Waals surface area contributed by atoms with Gasteiger partial charge in [0.15, 0.2) is 0 Å². The molecule has 3 nitrogen and oxygen atoms in total. The van der Waals surface area contributed by atoms with Crippen LogP contribution in [0.5, 0.6) is 0 Å². The predicted octanol–water partition coefficient (Wildman–Crippen LogP) is 4.36. The largest absolute Gasteiger partial charge is 0.348 e. The quantitative estimate of drug-likeness (QED) is 0.848. The highest BCUT2D eigenvalue weighted by atomic mass is 79.9. The molecule has 1 atom stereocenters. The lowest BCUT2D eigenvalue weighted by Gasteiger charge is -2.30. The minimum absolute atomic E-state index is 0.0648. The maximum atomic E-state index is 12.5. The van der Waals surface area contributed by atoms with Gasteiger partial charge in [-0.3, -0.25) is 4.79 Å². The molecule has 2 rings (SSSR count). The number of nitrogens with one attached hydrogen (secondary N) is 1. The van der Waals surface area contributed by atoms with Crippen LogP contribution >= 0.6 is 15.9 Å². The Morgan fingerprint density at radius 3 is 2.70 bits per heavy atom. The number of amides is 1. The average Bonchev–Trinajstić information content (AvgIpc) is 2.86. The Morgan fingerprint density at radius 2 is 2.10 bits per heavy atom. The maximum Gasteiger partial charge on any atom is 0.268 e. The number of nitrogens with zero attached hydrogens (tertiary/aromatic N) is 1. The van der Waals surface area contributed by atoms with E-state index in [1.165, 1.54) is 32.1 Å². The molecule has 4 heteroatoms. The molecule has 0 bridgehead atoms. The number of carbonyl (C=O) groups excluding carboxylic acids is 1. The van der Waals surface area contributed by atoms with Gasteiger partial charge in [-0.2, -0.15) is 0 Å². The lowest BCUT2D eigenvalue weighted by Crippen LogP contribution is -2.41. The normalized spacial score (nSPS) is 17.9. The van der Waals surface area contributed by atoms with Crippen LogP contribution in [0.1, 0.15) is 62.9 Å². The fraction of sp³-hybridized carbons (Fsp3) is 0.688. The molecule has 1 aromatic rings. The van der Waals surface area contributed by atoms with Gasteiger partial charge in [0, 0.05) is 23.3 Å². The molecule has 112 valence electrons. The molecule has 1 unspecified atom stereocenters. The fourth-order valence-corrected chi connectivity index (χ4v) is 3.72. The van der Waals surface area contributed by atoms with E-state index in [1.54, 1.807) is 0 Å². The molecule has 0 saturated heterocycles. The monoisotopic (exact) mass is 340 g/mol. The minimum atomic E-state index is 0.0648. The van der Waals surface area contributed by atoms with Crippen molar-refractivity contribution in [2.75, 3.05) is 0 Å². The first-order valence-electron chi connectivity index (χ1n) is 7.82. The van der Waals surface area contributed by atoms with E-state index in [2.05, 4.69) is 35.1 Å². The summed E-state index contributed by atoms with van der Waals surface area (Å²) in [5.74, 6) is 0.723. The SMILES string of the molecule is CCC(NC(=O)c1cc(Br)cn1CC)C1CCCCC1. The predicted molar refractivity (Wildman–Crippen MR) is 85.9 cm³/mol. The minimum Gasteiger partial charge on any atom is -0.348 e. The van der Waals surface area contributed by atoms with Gasteiger partial charge in [0.1, 0.15) is 5.69 Å². The molecule has 1 fully saturated rings. The first-order valence-corrected chi connectivity index (χ1v) is 8.61. The summed E-state index contributed by atoms with van der Waals surface area (Å²) in [7, 11) is 0. The molecule has 20 heavy (non-hydrogen) atoms. The van der Waals surface area contributed by atoms with Crippen molar-refractivity contribution in [3.8, 4) is 0 Å². The topological polar surface area (TPSA) is 34.0 Å². The Bertz CT molecular complexity index is 449. The Kier molecular flexibility index (Phi) is 5.70. The van der Waals surface area contributed by atoms with E-state index in [1.807, 2.05) is 16.8 Å². The van der Waals surface area contributed by atoms with Crippen LogP contribution in [0.15, 0.2) is 16.7 Å². The molecule has 1 heterocycles. The number of rotatable bonds is 5. The highest BCUT2D eigenvalue weighted by molar-refractivity contribution is 9.10. The van der Waals surface area contributed by atoms with Gasteiger partial charge in [-0.15, -0.1) is 0 Å². The number of hydrogen-bond acceptors (Lipinski definition) is 1. The molecular weight excluding hydrogens is 316 g/mol. The zero-order valence-electron chi connectivity index (χ0n) is 12.5. The molecule has 1 N–H and O–H groups in total. The zero-order chi connectivity index (χ0) is 14.5. The van der Waals surface area contributed by atoms with Crippen LogP contribution in [-0.2, 0) is 6.54 Å². The van der Waals surface area contributed by atoms with Crippen molar-refractivity contribution < 1.29 is 4.79 Å². The van der Waals surface area contributed by atoms with Crippen molar-refractivity contribution in [1.29, 1.82) is 0 Å². The van der Waals surface area contributed by atoms with Crippen molar-refractivity contribution in [3.05, 3.63) is 22.4 Å². The molecule has 1 aliphatic carbocycles. The third-order valence-electron chi connectivity index (χ3n) is 4.41. The van der Waals surface area contributed by atoms with Gasteiger partial charge in [-0.25, -0.2) is 0 Å². The second-order valence-electron chi connectivity index (χ2n) is 5.72. The van der Waals surface area contributed by atoms with Gasteiger partial charge in [-0.05, 0) is 54.1 Å². The molecule has 0 spiro atoms. The second kappa shape index (κ2) is 7.30. The average molecular weight is 341 g/mol. The summed E-state index contributed by atoms with van der Waals surface area (Å²) in [5.41, 5.74) is 0.758. The van der Waals surface area contributed by atoms with Crippen LogP contribution in [0.2, 0.25) is 0 Å². The standard InChI is InChI=1S/C16H25BrN2O/c1-3-14(12-8-6-5-7-9-12)18-16(20)15-10-13(17)11-19(15)4-2/h10-12,14H,3-9H2,1-2H3,(H,18,20). The first kappa shape index (κ1) is 15.6. The van der Waals surface area contributed by atoms with E-state index < -0.39 is 0 Å². The molecule has 1 aromatic heterocycles. The Hall–Kier alpha value is -0.770. The van der Waals surface area contributed by atoms with Gasteiger partial charge in [0.25, 0.3) is 5.91 Å². The fourth-order valence-electron chi connectivity index (χ4n) is 3.26. The first-order chi connectivity index (χ1) is 9.65. The van der Waals surface area contributed by atoms with E-state index in [-0.39, 0.29) is 5.91 Å². The van der Waals surface area contributed by atoms with E-state index in [0.717, 1.165) is 23.1 Å². The molecule has 1 saturated carbocycles. The number of halogens is 1. The summed E-state index contributed by atoms with van der Waals surface area (Å²) in [4.78, 5) is 12.5. The van der Waals surface area contributed by atoms with E-state index >= 15 is 0 Å². The lowest BCUT2D eigenvalue weighted by molar-refractivity contribution is 0.0902. The van der Waals surface area contributed by atoms with Crippen LogP contribution in [0.4, 0.5) is 0 Å². The highest BCUT2D eigenvalue weighted by Crippen LogP contribution is 2.28. The highest BCUT2D eigenvalue weighted by Gasteiger charge is 2.25. The van der Waals surface area contributed by atoms with Crippen LogP contribution in [0, 0.1) is 5.92 Å². The van der Waals surface area contributed by atoms with Crippen LogP contribution in [-0.4, -0.2) is 16.5 Å². The molecule has 1 aliphatic rings. The zero-order valence-corrected chi connectivity index (χ0v) is 14.1. The Balaban J connectivity index is 2.04. The maximum absolute atomic E-state index is 12.5. The van der Waals surface area contributed by atoms with Crippen molar-refractivity contribution >= 4 is 21.8 Å². The van der Waals surface area contributed by atoms with Crippen LogP contribution in [0.3, 0.4) is 0 Å².